The van der Waals surface area contributed by atoms with Gasteiger partial charge < -0.3 is 9.64 Å². The third-order valence-corrected chi connectivity index (χ3v) is 8.33. The highest BCUT2D eigenvalue weighted by Crippen LogP contribution is 2.37. The van der Waals surface area contributed by atoms with Crippen molar-refractivity contribution < 1.29 is 19.1 Å². The molecule has 3 amide bonds. The van der Waals surface area contributed by atoms with Crippen molar-refractivity contribution in [1.82, 2.24) is 20.1 Å². The zero-order valence-electron chi connectivity index (χ0n) is 20.6. The van der Waals surface area contributed by atoms with Gasteiger partial charge in [0.25, 0.3) is 5.91 Å². The van der Waals surface area contributed by atoms with Crippen molar-refractivity contribution in [3.05, 3.63) is 58.9 Å². The second kappa shape index (κ2) is 9.32. The molecule has 8 nitrogen and oxygen atoms in total. The van der Waals surface area contributed by atoms with Crippen molar-refractivity contribution in [2.24, 2.45) is 0 Å². The fourth-order valence-electron chi connectivity index (χ4n) is 6.35. The van der Waals surface area contributed by atoms with Gasteiger partial charge in [0, 0.05) is 56.0 Å². The van der Waals surface area contributed by atoms with Gasteiger partial charge in [-0.1, -0.05) is 6.42 Å². The van der Waals surface area contributed by atoms with E-state index in [9.17, 15) is 14.4 Å². The van der Waals surface area contributed by atoms with E-state index in [2.05, 4.69) is 28.2 Å². The van der Waals surface area contributed by atoms with Crippen LogP contribution in [0.4, 0.5) is 0 Å². The van der Waals surface area contributed by atoms with Crippen molar-refractivity contribution in [2.75, 3.05) is 13.1 Å². The highest BCUT2D eigenvalue weighted by molar-refractivity contribution is 6.05. The molecular weight excluding hydrogens is 456 g/mol. The Labute approximate surface area is 211 Å². The van der Waals surface area contributed by atoms with Crippen molar-refractivity contribution in [3.63, 3.8) is 0 Å². The average molecular weight is 489 g/mol. The second-order valence-electron chi connectivity index (χ2n) is 10.6. The number of likely N-dealkylation sites (tertiary alicyclic amines) is 1. The number of pyridine rings is 1. The number of hydrogen-bond acceptors (Lipinski definition) is 6. The number of nitrogens with one attached hydrogen (secondary N) is 1. The number of nitrogens with zero attached hydrogens (tertiary/aromatic N) is 3. The Bertz CT molecular complexity index is 1210. The molecule has 3 fully saturated rings. The Morgan fingerprint density at radius 3 is 2.69 bits per heavy atom. The summed E-state index contributed by atoms with van der Waals surface area (Å²) in [6, 6.07) is 7.61. The maximum Gasteiger partial charge on any atom is 0.255 e. The summed E-state index contributed by atoms with van der Waals surface area (Å²) in [5.41, 5.74) is 4.16. The highest BCUT2D eigenvalue weighted by Gasteiger charge is 2.41. The minimum atomic E-state index is -0.599. The number of aromatic nitrogens is 1. The van der Waals surface area contributed by atoms with E-state index >= 15 is 0 Å². The molecule has 1 N–H and O–H groups in total. The summed E-state index contributed by atoms with van der Waals surface area (Å²) in [4.78, 5) is 45.2. The molecule has 2 aromatic rings. The molecule has 0 unspecified atom stereocenters. The zero-order valence-corrected chi connectivity index (χ0v) is 20.6. The molecule has 0 spiro atoms. The van der Waals surface area contributed by atoms with Crippen molar-refractivity contribution in [1.29, 1.82) is 0 Å². The quantitative estimate of drug-likeness (QED) is 0.651. The lowest BCUT2D eigenvalue weighted by Gasteiger charge is -2.48. The van der Waals surface area contributed by atoms with Gasteiger partial charge in [0.1, 0.15) is 17.9 Å². The van der Waals surface area contributed by atoms with Crippen LogP contribution in [-0.2, 0) is 16.1 Å². The zero-order chi connectivity index (χ0) is 24.8. The molecule has 36 heavy (non-hydrogen) atoms. The molecule has 4 heterocycles. The van der Waals surface area contributed by atoms with Crippen LogP contribution in [0.25, 0.3) is 0 Å². The molecular formula is C28H32N4O4. The number of benzene rings is 1. The van der Waals surface area contributed by atoms with E-state index in [1.807, 2.05) is 30.6 Å². The molecule has 8 heteroatoms. The van der Waals surface area contributed by atoms with Crippen molar-refractivity contribution in [3.8, 4) is 5.75 Å². The van der Waals surface area contributed by atoms with Crippen LogP contribution in [-0.4, -0.2) is 63.8 Å². The number of piperidine rings is 1. The number of rotatable bonds is 5. The SMILES string of the molecule is Cc1cnccc1C1CN([C@H]2CCCC[C@@H]2Oc2ccc3c(c2)CN([C@H]2CCC(=O)NC2=O)C3=O)C1. The number of hydrogen-bond donors (Lipinski definition) is 1. The lowest BCUT2D eigenvalue weighted by molar-refractivity contribution is -0.136. The fourth-order valence-corrected chi connectivity index (χ4v) is 6.35. The van der Waals surface area contributed by atoms with Crippen LogP contribution in [0.3, 0.4) is 0 Å². The molecule has 3 aliphatic heterocycles. The molecule has 0 bridgehead atoms. The summed E-state index contributed by atoms with van der Waals surface area (Å²) in [6.07, 6.45) is 9.13. The van der Waals surface area contributed by atoms with Crippen LogP contribution >= 0.6 is 0 Å². The average Bonchev–Trinajstić information content (AvgIpc) is 3.16. The van der Waals surface area contributed by atoms with Gasteiger partial charge in [0.2, 0.25) is 11.8 Å². The minimum absolute atomic E-state index is 0.125. The maximum atomic E-state index is 13.0. The molecule has 0 radical (unpaired) electrons. The maximum absolute atomic E-state index is 13.0. The second-order valence-corrected chi connectivity index (χ2v) is 10.6. The predicted octanol–water partition coefficient (Wildman–Crippen LogP) is 2.94. The Kier molecular flexibility index (Phi) is 5.99. The van der Waals surface area contributed by atoms with Gasteiger partial charge in [0.15, 0.2) is 0 Å². The first-order chi connectivity index (χ1) is 17.5. The first kappa shape index (κ1) is 23.2. The first-order valence-electron chi connectivity index (χ1n) is 13.1. The van der Waals surface area contributed by atoms with E-state index < -0.39 is 6.04 Å². The van der Waals surface area contributed by atoms with E-state index in [-0.39, 0.29) is 30.2 Å². The minimum Gasteiger partial charge on any atom is -0.489 e. The van der Waals surface area contributed by atoms with Gasteiger partial charge in [-0.25, -0.2) is 0 Å². The topological polar surface area (TPSA) is 91.8 Å². The first-order valence-corrected chi connectivity index (χ1v) is 13.1. The molecule has 4 aliphatic rings. The molecule has 1 saturated carbocycles. The smallest absolute Gasteiger partial charge is 0.255 e. The van der Waals surface area contributed by atoms with Crippen LogP contribution in [0.1, 0.15) is 71.5 Å². The van der Waals surface area contributed by atoms with E-state index in [0.717, 1.165) is 43.7 Å². The number of aryl methyl sites for hydroxylation is 1. The Morgan fingerprint density at radius 2 is 1.89 bits per heavy atom. The van der Waals surface area contributed by atoms with E-state index in [4.69, 9.17) is 4.74 Å². The lowest BCUT2D eigenvalue weighted by Crippen LogP contribution is -2.57. The number of carbonyl (C=O) groups excluding carboxylic acids is 3. The standard InChI is InChI=1S/C28H32N4O4/c1-17-13-29-11-10-21(17)19-14-31(15-19)23-4-2-3-5-25(23)36-20-6-7-22-18(12-20)16-32(28(22)35)24-8-9-26(33)30-27(24)34/h6-7,10-13,19,23-25H,2-5,8-9,14-16H2,1H3,(H,30,33,34)/t23-,24-,25-/m0/s1. The lowest BCUT2D eigenvalue weighted by atomic mass is 9.83. The number of imide groups is 1. The van der Waals surface area contributed by atoms with Crippen LogP contribution in [0.5, 0.6) is 5.75 Å². The van der Waals surface area contributed by atoms with E-state index in [1.165, 1.54) is 17.5 Å². The van der Waals surface area contributed by atoms with E-state index in [1.54, 1.807) is 4.90 Å². The number of amides is 3. The number of carbonyl (C=O) groups is 3. The monoisotopic (exact) mass is 488 g/mol. The van der Waals surface area contributed by atoms with Gasteiger partial charge in [-0.3, -0.25) is 29.6 Å². The van der Waals surface area contributed by atoms with Crippen molar-refractivity contribution in [2.45, 2.75) is 76.1 Å². The van der Waals surface area contributed by atoms with Gasteiger partial charge >= 0.3 is 0 Å². The summed E-state index contributed by atoms with van der Waals surface area (Å²) in [6.45, 7) is 4.60. The summed E-state index contributed by atoms with van der Waals surface area (Å²) in [7, 11) is 0. The summed E-state index contributed by atoms with van der Waals surface area (Å²) >= 11 is 0. The summed E-state index contributed by atoms with van der Waals surface area (Å²) < 4.78 is 6.56. The molecule has 188 valence electrons. The van der Waals surface area contributed by atoms with Crippen LogP contribution in [0.15, 0.2) is 36.7 Å². The third kappa shape index (κ3) is 4.17. The molecule has 1 aliphatic carbocycles. The molecule has 1 aromatic heterocycles. The molecule has 1 aromatic carbocycles. The molecule has 3 atom stereocenters. The number of fused-ring (bicyclic) bond motifs is 1. The van der Waals surface area contributed by atoms with Gasteiger partial charge in [-0.2, -0.15) is 0 Å². The highest BCUT2D eigenvalue weighted by atomic mass is 16.5. The largest absolute Gasteiger partial charge is 0.489 e. The Morgan fingerprint density at radius 1 is 1.06 bits per heavy atom. The van der Waals surface area contributed by atoms with Crippen LogP contribution in [0.2, 0.25) is 0 Å². The predicted molar refractivity (Wildman–Crippen MR) is 132 cm³/mol. The third-order valence-electron chi connectivity index (χ3n) is 8.33. The van der Waals surface area contributed by atoms with Gasteiger partial charge in [-0.05, 0) is 73.6 Å². The van der Waals surface area contributed by atoms with Gasteiger partial charge in [0.05, 0.1) is 0 Å². The molecule has 2 saturated heterocycles. The summed E-state index contributed by atoms with van der Waals surface area (Å²) in [5, 5.41) is 2.36. The Hall–Kier alpha value is -3.26. The van der Waals surface area contributed by atoms with Crippen LogP contribution < -0.4 is 10.1 Å². The van der Waals surface area contributed by atoms with E-state index in [0.29, 0.717) is 30.5 Å². The molecule has 6 rings (SSSR count). The fraction of sp³-hybridized carbons (Fsp3) is 0.500. The normalized spacial score (nSPS) is 27.0. The summed E-state index contributed by atoms with van der Waals surface area (Å²) in [5.74, 6) is 0.524. The number of ether oxygens (including phenoxy) is 1. The van der Waals surface area contributed by atoms with Crippen molar-refractivity contribution >= 4 is 17.7 Å². The van der Waals surface area contributed by atoms with Gasteiger partial charge in [-0.15, -0.1) is 0 Å². The van der Waals surface area contributed by atoms with Crippen LogP contribution in [0, 0.1) is 6.92 Å². The Balaban J connectivity index is 1.12.